The van der Waals surface area contributed by atoms with E-state index in [9.17, 15) is 4.79 Å². The molecule has 0 aromatic heterocycles. The summed E-state index contributed by atoms with van der Waals surface area (Å²) in [6, 6.07) is 10.3. The van der Waals surface area contributed by atoms with Gasteiger partial charge in [-0.15, -0.1) is 0 Å². The summed E-state index contributed by atoms with van der Waals surface area (Å²) in [4.78, 5) is 10.6. The molecule has 17 heavy (non-hydrogen) atoms. The topological polar surface area (TPSA) is 37.3 Å². The third kappa shape index (κ3) is 3.06. The van der Waals surface area contributed by atoms with Gasteiger partial charge < -0.3 is 5.11 Å². The zero-order valence-corrected chi connectivity index (χ0v) is 9.62. The second kappa shape index (κ2) is 5.48. The average molecular weight is 228 g/mol. The second-order valence-electron chi connectivity index (χ2n) is 4.32. The van der Waals surface area contributed by atoms with Crippen LogP contribution in [0.4, 0.5) is 0 Å². The molecule has 0 aliphatic heterocycles. The van der Waals surface area contributed by atoms with E-state index in [0.29, 0.717) is 11.8 Å². The molecule has 0 spiro atoms. The van der Waals surface area contributed by atoms with Crippen molar-refractivity contribution in [2.45, 2.75) is 18.8 Å². The van der Waals surface area contributed by atoms with Gasteiger partial charge in [0.05, 0.1) is 0 Å². The molecular weight excluding hydrogens is 212 g/mol. The molecule has 2 heteroatoms. The quantitative estimate of drug-likeness (QED) is 0.636. The first-order chi connectivity index (χ1) is 8.27. The Balaban J connectivity index is 2.19. The van der Waals surface area contributed by atoms with Crippen LogP contribution in [0.3, 0.4) is 0 Å². The number of benzene rings is 1. The van der Waals surface area contributed by atoms with Gasteiger partial charge in [0.1, 0.15) is 0 Å². The number of aliphatic carboxylic acids is 1. The highest BCUT2D eigenvalue weighted by molar-refractivity contribution is 5.79. The molecule has 2 unspecified atom stereocenters. The molecule has 1 aliphatic carbocycles. The smallest absolute Gasteiger partial charge is 0.327 e. The molecule has 2 atom stereocenters. The van der Waals surface area contributed by atoms with E-state index < -0.39 is 5.97 Å². The number of carbonyl (C=O) groups is 1. The summed E-state index contributed by atoms with van der Waals surface area (Å²) in [7, 11) is 0. The molecule has 2 nitrogen and oxygen atoms in total. The first-order valence-corrected chi connectivity index (χ1v) is 5.88. The summed E-state index contributed by atoms with van der Waals surface area (Å²) < 4.78 is 0. The summed E-state index contributed by atoms with van der Waals surface area (Å²) in [5.41, 5.74) is 1.29. The number of rotatable bonds is 3. The normalized spacial score (nSPS) is 24.0. The lowest BCUT2D eigenvalue weighted by atomic mass is 9.78. The van der Waals surface area contributed by atoms with Gasteiger partial charge in [0.15, 0.2) is 0 Å². The van der Waals surface area contributed by atoms with Crippen molar-refractivity contribution < 1.29 is 9.90 Å². The van der Waals surface area contributed by atoms with Gasteiger partial charge in [0.2, 0.25) is 0 Å². The van der Waals surface area contributed by atoms with Gasteiger partial charge in [0, 0.05) is 6.08 Å². The molecule has 1 aromatic rings. The predicted octanol–water partition coefficient (Wildman–Crippen LogP) is 3.38. The number of carboxylic acids is 1. The fourth-order valence-electron chi connectivity index (χ4n) is 2.34. The van der Waals surface area contributed by atoms with Crippen molar-refractivity contribution >= 4 is 5.97 Å². The molecule has 1 aliphatic rings. The van der Waals surface area contributed by atoms with Gasteiger partial charge >= 0.3 is 5.97 Å². The van der Waals surface area contributed by atoms with Crippen molar-refractivity contribution in [1.29, 1.82) is 0 Å². The number of carboxylic acid groups (broad SMARTS) is 1. The van der Waals surface area contributed by atoms with E-state index in [0.717, 1.165) is 12.8 Å². The summed E-state index contributed by atoms with van der Waals surface area (Å²) in [5.74, 6) is -0.179. The van der Waals surface area contributed by atoms with Crippen LogP contribution >= 0.6 is 0 Å². The Labute approximate surface area is 101 Å². The van der Waals surface area contributed by atoms with Crippen LogP contribution in [0.25, 0.3) is 0 Å². The van der Waals surface area contributed by atoms with Crippen molar-refractivity contribution in [3.05, 3.63) is 60.2 Å². The van der Waals surface area contributed by atoms with Crippen molar-refractivity contribution in [3.63, 3.8) is 0 Å². The SMILES string of the molecule is O=C(O)/C=C\C1CC=CCC1c1ccccc1. The van der Waals surface area contributed by atoms with E-state index >= 15 is 0 Å². The number of hydrogen-bond acceptors (Lipinski definition) is 1. The minimum absolute atomic E-state index is 0.290. The maximum atomic E-state index is 10.6. The summed E-state index contributed by atoms with van der Waals surface area (Å²) in [6.45, 7) is 0. The van der Waals surface area contributed by atoms with Gasteiger partial charge in [0.25, 0.3) is 0 Å². The molecule has 0 saturated carbocycles. The van der Waals surface area contributed by atoms with Crippen LogP contribution in [0, 0.1) is 5.92 Å². The molecule has 0 fully saturated rings. The van der Waals surface area contributed by atoms with Crippen molar-refractivity contribution in [2.75, 3.05) is 0 Å². The van der Waals surface area contributed by atoms with Crippen LogP contribution in [-0.2, 0) is 4.79 Å². The summed E-state index contributed by atoms with van der Waals surface area (Å²) in [5, 5.41) is 8.70. The molecular formula is C15H16O2. The standard InChI is InChI=1S/C15H16O2/c16-15(17)11-10-13-8-4-5-9-14(13)12-6-2-1-3-7-12/h1-7,10-11,13-14H,8-9H2,(H,16,17)/b11-10-. The molecule has 1 aromatic carbocycles. The van der Waals surface area contributed by atoms with E-state index in [1.165, 1.54) is 11.6 Å². The van der Waals surface area contributed by atoms with Gasteiger partial charge in [-0.1, -0.05) is 48.6 Å². The Morgan fingerprint density at radius 3 is 2.59 bits per heavy atom. The maximum absolute atomic E-state index is 10.6. The second-order valence-corrected chi connectivity index (χ2v) is 4.32. The molecule has 88 valence electrons. The van der Waals surface area contributed by atoms with Gasteiger partial charge in [-0.25, -0.2) is 4.79 Å². The van der Waals surface area contributed by atoms with Crippen molar-refractivity contribution in [3.8, 4) is 0 Å². The van der Waals surface area contributed by atoms with Crippen molar-refractivity contribution in [2.24, 2.45) is 5.92 Å². The minimum Gasteiger partial charge on any atom is -0.478 e. The lowest BCUT2D eigenvalue weighted by Gasteiger charge is -2.26. The Kier molecular flexibility index (Phi) is 3.76. The van der Waals surface area contributed by atoms with E-state index in [4.69, 9.17) is 5.11 Å². The zero-order chi connectivity index (χ0) is 12.1. The van der Waals surface area contributed by atoms with Gasteiger partial charge in [-0.2, -0.15) is 0 Å². The van der Waals surface area contributed by atoms with Crippen LogP contribution in [0.5, 0.6) is 0 Å². The molecule has 1 N–H and O–H groups in total. The van der Waals surface area contributed by atoms with Crippen LogP contribution in [0.15, 0.2) is 54.6 Å². The lowest BCUT2D eigenvalue weighted by Crippen LogP contribution is -2.13. The highest BCUT2D eigenvalue weighted by atomic mass is 16.4. The highest BCUT2D eigenvalue weighted by Crippen LogP contribution is 2.35. The first-order valence-electron chi connectivity index (χ1n) is 5.88. The third-order valence-electron chi connectivity index (χ3n) is 3.20. The average Bonchev–Trinajstić information content (AvgIpc) is 2.38. The lowest BCUT2D eigenvalue weighted by molar-refractivity contribution is -0.131. The minimum atomic E-state index is -0.869. The van der Waals surface area contributed by atoms with E-state index in [-0.39, 0.29) is 0 Å². The number of allylic oxidation sites excluding steroid dienone is 3. The van der Waals surface area contributed by atoms with Crippen molar-refractivity contribution in [1.82, 2.24) is 0 Å². The Hall–Kier alpha value is -1.83. The zero-order valence-electron chi connectivity index (χ0n) is 9.62. The van der Waals surface area contributed by atoms with E-state index in [1.807, 2.05) is 24.3 Å². The van der Waals surface area contributed by atoms with Gasteiger partial charge in [-0.05, 0) is 30.2 Å². The first kappa shape index (κ1) is 11.6. The fourth-order valence-corrected chi connectivity index (χ4v) is 2.34. The largest absolute Gasteiger partial charge is 0.478 e. The third-order valence-corrected chi connectivity index (χ3v) is 3.20. The monoisotopic (exact) mass is 228 g/mol. The predicted molar refractivity (Wildman–Crippen MR) is 67.8 cm³/mol. The van der Waals surface area contributed by atoms with Crippen LogP contribution < -0.4 is 0 Å². The van der Waals surface area contributed by atoms with Crippen LogP contribution in [0.1, 0.15) is 24.3 Å². The fraction of sp³-hybridized carbons (Fsp3) is 0.267. The van der Waals surface area contributed by atoms with E-state index in [2.05, 4.69) is 24.3 Å². The van der Waals surface area contributed by atoms with Gasteiger partial charge in [-0.3, -0.25) is 0 Å². The highest BCUT2D eigenvalue weighted by Gasteiger charge is 2.21. The number of hydrogen-bond donors (Lipinski definition) is 1. The summed E-state index contributed by atoms with van der Waals surface area (Å²) >= 11 is 0. The molecule has 2 rings (SSSR count). The Bertz CT molecular complexity index is 431. The molecule has 0 saturated heterocycles. The summed E-state index contributed by atoms with van der Waals surface area (Å²) in [6.07, 6.45) is 9.31. The molecule has 0 radical (unpaired) electrons. The van der Waals surface area contributed by atoms with Crippen LogP contribution in [-0.4, -0.2) is 11.1 Å². The molecule has 0 amide bonds. The van der Waals surface area contributed by atoms with E-state index in [1.54, 1.807) is 0 Å². The Morgan fingerprint density at radius 2 is 1.88 bits per heavy atom. The van der Waals surface area contributed by atoms with Crippen LogP contribution in [0.2, 0.25) is 0 Å². The maximum Gasteiger partial charge on any atom is 0.327 e. The Morgan fingerprint density at radius 1 is 1.18 bits per heavy atom. The molecule has 0 bridgehead atoms. The molecule has 0 heterocycles.